The standard InChI is InChI=1S/C15H27N5O/c1-2-20-14(9-19-5-3-11(10-21)4-6-19)17-18-15(20)12-7-13(16)8-12/h11-13,21H,2-10,16H2,1H3. The van der Waals surface area contributed by atoms with E-state index in [0.717, 1.165) is 63.5 Å². The van der Waals surface area contributed by atoms with Gasteiger partial charge >= 0.3 is 0 Å². The minimum absolute atomic E-state index is 0.324. The van der Waals surface area contributed by atoms with Gasteiger partial charge in [0, 0.05) is 25.1 Å². The van der Waals surface area contributed by atoms with E-state index in [1.807, 2.05) is 0 Å². The summed E-state index contributed by atoms with van der Waals surface area (Å²) in [7, 11) is 0. The van der Waals surface area contributed by atoms with Crippen molar-refractivity contribution >= 4 is 0 Å². The number of aliphatic hydroxyl groups excluding tert-OH is 1. The fraction of sp³-hybridized carbons (Fsp3) is 0.867. The zero-order valence-electron chi connectivity index (χ0n) is 12.9. The molecule has 0 radical (unpaired) electrons. The van der Waals surface area contributed by atoms with Gasteiger partial charge < -0.3 is 15.4 Å². The second kappa shape index (κ2) is 6.42. The first-order chi connectivity index (χ1) is 10.2. The third-order valence-corrected chi connectivity index (χ3v) is 5.04. The van der Waals surface area contributed by atoms with Gasteiger partial charge in [-0.25, -0.2) is 0 Å². The number of piperidine rings is 1. The minimum atomic E-state index is 0.324. The van der Waals surface area contributed by atoms with Crippen molar-refractivity contribution in [1.29, 1.82) is 0 Å². The third-order valence-electron chi connectivity index (χ3n) is 5.04. The van der Waals surface area contributed by atoms with Gasteiger partial charge in [0.05, 0.1) is 6.54 Å². The van der Waals surface area contributed by atoms with Crippen LogP contribution in [0.25, 0.3) is 0 Å². The maximum Gasteiger partial charge on any atom is 0.147 e. The average Bonchev–Trinajstić information content (AvgIpc) is 2.87. The fourth-order valence-electron chi connectivity index (χ4n) is 3.51. The monoisotopic (exact) mass is 293 g/mol. The van der Waals surface area contributed by atoms with E-state index in [1.54, 1.807) is 0 Å². The van der Waals surface area contributed by atoms with E-state index in [4.69, 9.17) is 5.73 Å². The summed E-state index contributed by atoms with van der Waals surface area (Å²) in [5.41, 5.74) is 5.89. The lowest BCUT2D eigenvalue weighted by Crippen LogP contribution is -2.37. The number of nitrogens with two attached hydrogens (primary N) is 1. The number of nitrogens with zero attached hydrogens (tertiary/aromatic N) is 4. The Hall–Kier alpha value is -0.980. The number of rotatable bonds is 5. The van der Waals surface area contributed by atoms with Crippen molar-refractivity contribution in [3.63, 3.8) is 0 Å². The first-order valence-electron chi connectivity index (χ1n) is 8.22. The third kappa shape index (κ3) is 3.12. The lowest BCUT2D eigenvalue weighted by molar-refractivity contribution is 0.124. The minimum Gasteiger partial charge on any atom is -0.396 e. The van der Waals surface area contributed by atoms with Gasteiger partial charge in [-0.15, -0.1) is 10.2 Å². The lowest BCUT2D eigenvalue weighted by Gasteiger charge is -2.32. The van der Waals surface area contributed by atoms with Crippen molar-refractivity contribution < 1.29 is 5.11 Å². The van der Waals surface area contributed by atoms with Crippen LogP contribution in [0.4, 0.5) is 0 Å². The molecule has 0 aromatic carbocycles. The molecule has 6 heteroatoms. The summed E-state index contributed by atoms with van der Waals surface area (Å²) in [6, 6.07) is 0.345. The molecule has 0 atom stereocenters. The summed E-state index contributed by atoms with van der Waals surface area (Å²) >= 11 is 0. The summed E-state index contributed by atoms with van der Waals surface area (Å²) < 4.78 is 2.27. The Morgan fingerprint density at radius 3 is 2.52 bits per heavy atom. The highest BCUT2D eigenvalue weighted by Crippen LogP contribution is 2.35. The van der Waals surface area contributed by atoms with Crippen LogP contribution in [-0.2, 0) is 13.1 Å². The zero-order chi connectivity index (χ0) is 14.8. The maximum atomic E-state index is 9.21. The van der Waals surface area contributed by atoms with Crippen molar-refractivity contribution in [3.05, 3.63) is 11.6 Å². The van der Waals surface area contributed by atoms with Gasteiger partial charge in [-0.1, -0.05) is 0 Å². The van der Waals surface area contributed by atoms with Gasteiger partial charge in [0.15, 0.2) is 0 Å². The molecule has 0 amide bonds. The fourth-order valence-corrected chi connectivity index (χ4v) is 3.51. The molecular formula is C15H27N5O. The highest BCUT2D eigenvalue weighted by molar-refractivity contribution is 5.08. The van der Waals surface area contributed by atoms with Crippen LogP contribution in [0.2, 0.25) is 0 Å². The van der Waals surface area contributed by atoms with Crippen molar-refractivity contribution in [2.24, 2.45) is 11.7 Å². The summed E-state index contributed by atoms with van der Waals surface area (Å²) in [6.07, 6.45) is 4.25. The van der Waals surface area contributed by atoms with E-state index in [2.05, 4.69) is 26.6 Å². The van der Waals surface area contributed by atoms with Crippen molar-refractivity contribution in [2.45, 2.75) is 57.7 Å². The van der Waals surface area contributed by atoms with Crippen molar-refractivity contribution in [3.8, 4) is 0 Å². The highest BCUT2D eigenvalue weighted by atomic mass is 16.3. The first-order valence-corrected chi connectivity index (χ1v) is 8.22. The molecule has 1 aromatic heterocycles. The molecule has 2 heterocycles. The van der Waals surface area contributed by atoms with Crippen molar-refractivity contribution in [1.82, 2.24) is 19.7 Å². The van der Waals surface area contributed by atoms with Crippen LogP contribution in [0.5, 0.6) is 0 Å². The average molecular weight is 293 g/mol. The molecule has 6 nitrogen and oxygen atoms in total. The van der Waals surface area contributed by atoms with E-state index < -0.39 is 0 Å². The predicted molar refractivity (Wildman–Crippen MR) is 80.7 cm³/mol. The molecule has 3 N–H and O–H groups in total. The molecule has 0 spiro atoms. The summed E-state index contributed by atoms with van der Waals surface area (Å²) in [6.45, 7) is 6.38. The van der Waals surface area contributed by atoms with E-state index >= 15 is 0 Å². The highest BCUT2D eigenvalue weighted by Gasteiger charge is 2.32. The van der Waals surface area contributed by atoms with Gasteiger partial charge in [0.1, 0.15) is 11.6 Å². The second-order valence-corrected chi connectivity index (χ2v) is 6.55. The Labute approximate surface area is 126 Å². The van der Waals surface area contributed by atoms with E-state index in [-0.39, 0.29) is 0 Å². The van der Waals surface area contributed by atoms with Gasteiger partial charge in [0.2, 0.25) is 0 Å². The normalized spacial score (nSPS) is 27.8. The number of hydrogen-bond donors (Lipinski definition) is 2. The van der Waals surface area contributed by atoms with E-state index in [0.29, 0.717) is 24.5 Å². The van der Waals surface area contributed by atoms with Crippen LogP contribution in [0.3, 0.4) is 0 Å². The number of hydrogen-bond acceptors (Lipinski definition) is 5. The zero-order valence-corrected chi connectivity index (χ0v) is 12.9. The number of likely N-dealkylation sites (tertiary alicyclic amines) is 1. The smallest absolute Gasteiger partial charge is 0.147 e. The van der Waals surface area contributed by atoms with Crippen LogP contribution in [-0.4, -0.2) is 50.5 Å². The Morgan fingerprint density at radius 2 is 1.95 bits per heavy atom. The van der Waals surface area contributed by atoms with E-state index in [1.165, 1.54) is 0 Å². The summed E-state index contributed by atoms with van der Waals surface area (Å²) in [5, 5.41) is 18.1. The quantitative estimate of drug-likeness (QED) is 0.835. The molecule has 1 aliphatic heterocycles. The number of aliphatic hydroxyl groups is 1. The molecule has 1 aliphatic carbocycles. The molecule has 2 fully saturated rings. The SMILES string of the molecule is CCn1c(CN2CCC(CO)CC2)nnc1C1CC(N)C1. The molecule has 0 bridgehead atoms. The van der Waals surface area contributed by atoms with Gasteiger partial charge in [0.25, 0.3) is 0 Å². The molecular weight excluding hydrogens is 266 g/mol. The predicted octanol–water partition coefficient (Wildman–Crippen LogP) is 0.707. The molecule has 118 valence electrons. The molecule has 21 heavy (non-hydrogen) atoms. The van der Waals surface area contributed by atoms with Crippen LogP contribution < -0.4 is 5.73 Å². The van der Waals surface area contributed by atoms with Gasteiger partial charge in [-0.2, -0.15) is 0 Å². The lowest BCUT2D eigenvalue weighted by atomic mass is 9.80. The van der Waals surface area contributed by atoms with Crippen molar-refractivity contribution in [2.75, 3.05) is 19.7 Å². The molecule has 1 saturated carbocycles. The largest absolute Gasteiger partial charge is 0.396 e. The maximum absolute atomic E-state index is 9.21. The van der Waals surface area contributed by atoms with Crippen LogP contribution in [0.1, 0.15) is 50.2 Å². The molecule has 3 rings (SSSR count). The molecule has 1 aromatic rings. The summed E-state index contributed by atoms with van der Waals surface area (Å²) in [5.74, 6) is 3.19. The van der Waals surface area contributed by atoms with Crippen LogP contribution in [0.15, 0.2) is 0 Å². The summed E-state index contributed by atoms with van der Waals surface area (Å²) in [4.78, 5) is 2.43. The first kappa shape index (κ1) is 14.9. The Morgan fingerprint density at radius 1 is 1.24 bits per heavy atom. The topological polar surface area (TPSA) is 80.2 Å². The van der Waals surface area contributed by atoms with Gasteiger partial charge in [-0.05, 0) is 51.6 Å². The van der Waals surface area contributed by atoms with Crippen LogP contribution >= 0.6 is 0 Å². The number of aromatic nitrogens is 3. The molecule has 2 aliphatic rings. The second-order valence-electron chi connectivity index (χ2n) is 6.55. The van der Waals surface area contributed by atoms with Crippen LogP contribution in [0, 0.1) is 5.92 Å². The Kier molecular flexibility index (Phi) is 4.57. The molecule has 1 saturated heterocycles. The Balaban J connectivity index is 1.63. The Bertz CT molecular complexity index is 461. The van der Waals surface area contributed by atoms with E-state index in [9.17, 15) is 5.11 Å². The molecule has 0 unspecified atom stereocenters. The van der Waals surface area contributed by atoms with Gasteiger partial charge in [-0.3, -0.25) is 4.90 Å².